The first kappa shape index (κ1) is 15.4. The number of carbonyl (C=O) groups excluding carboxylic acids is 1. The Morgan fingerprint density at radius 1 is 1.11 bits per heavy atom. The predicted molar refractivity (Wildman–Crippen MR) is 69.5 cm³/mol. The van der Waals surface area contributed by atoms with E-state index >= 15 is 0 Å². The first-order valence-electron chi connectivity index (χ1n) is 6.98. The summed E-state index contributed by atoms with van der Waals surface area (Å²) in [5.74, 6) is -0.267. The van der Waals surface area contributed by atoms with Crippen LogP contribution < -0.4 is 0 Å². The molecule has 0 aromatic carbocycles. The lowest BCUT2D eigenvalue weighted by Gasteiger charge is -2.26. The van der Waals surface area contributed by atoms with Crippen LogP contribution in [0.4, 0.5) is 0 Å². The summed E-state index contributed by atoms with van der Waals surface area (Å²) in [6, 6.07) is 0. The van der Waals surface area contributed by atoms with E-state index in [1.807, 2.05) is 13.8 Å². The van der Waals surface area contributed by atoms with Crippen molar-refractivity contribution in [2.24, 2.45) is 0 Å². The van der Waals surface area contributed by atoms with Crippen LogP contribution in [0, 0.1) is 0 Å². The molecule has 0 spiro atoms. The Morgan fingerprint density at radius 3 is 2.39 bits per heavy atom. The van der Waals surface area contributed by atoms with Crippen LogP contribution in [0.25, 0.3) is 0 Å². The highest BCUT2D eigenvalue weighted by molar-refractivity contribution is 5.65. The first-order chi connectivity index (χ1) is 8.58. The zero-order valence-electron chi connectivity index (χ0n) is 11.8. The minimum atomic E-state index is -0.267. The van der Waals surface area contributed by atoms with Crippen LogP contribution in [0.3, 0.4) is 0 Å². The van der Waals surface area contributed by atoms with E-state index in [1.54, 1.807) is 0 Å². The Labute approximate surface area is 110 Å². The number of hydrogen-bond donors (Lipinski definition) is 0. The zero-order valence-corrected chi connectivity index (χ0v) is 11.8. The van der Waals surface area contributed by atoms with E-state index in [9.17, 15) is 4.79 Å². The maximum atomic E-state index is 10.6. The van der Waals surface area contributed by atoms with Crippen molar-refractivity contribution < 1.29 is 19.0 Å². The molecule has 1 rings (SSSR count). The predicted octanol–water partition coefficient (Wildman–Crippen LogP) is 2.69. The topological polar surface area (TPSA) is 44.8 Å². The van der Waals surface area contributed by atoms with E-state index in [-0.39, 0.29) is 18.2 Å². The van der Waals surface area contributed by atoms with Gasteiger partial charge < -0.3 is 14.2 Å². The third-order valence-corrected chi connectivity index (χ3v) is 3.11. The monoisotopic (exact) mass is 258 g/mol. The molecular formula is C14H26O4. The van der Waals surface area contributed by atoms with E-state index in [4.69, 9.17) is 14.2 Å². The summed E-state index contributed by atoms with van der Waals surface area (Å²) in [6.07, 6.45) is 6.67. The number of ether oxygens (including phenoxy) is 3. The third-order valence-electron chi connectivity index (χ3n) is 3.11. The fraction of sp³-hybridized carbons (Fsp3) is 0.929. The van der Waals surface area contributed by atoms with Crippen molar-refractivity contribution in [1.82, 2.24) is 0 Å². The molecule has 0 bridgehead atoms. The van der Waals surface area contributed by atoms with Crippen LogP contribution in [0.5, 0.6) is 0 Å². The Balaban J connectivity index is 2.07. The molecule has 2 unspecified atom stereocenters. The molecule has 0 heterocycles. The molecule has 0 aromatic rings. The number of hydrogen-bond acceptors (Lipinski definition) is 4. The number of rotatable bonds is 7. The van der Waals surface area contributed by atoms with Gasteiger partial charge >= 0.3 is 5.97 Å². The molecule has 18 heavy (non-hydrogen) atoms. The summed E-state index contributed by atoms with van der Waals surface area (Å²) in [7, 11) is 0. The van der Waals surface area contributed by atoms with E-state index in [2.05, 4.69) is 0 Å². The minimum absolute atomic E-state index is 0.0775. The lowest BCUT2D eigenvalue weighted by molar-refractivity contribution is -0.146. The molecule has 1 fully saturated rings. The van der Waals surface area contributed by atoms with Crippen molar-refractivity contribution in [2.75, 3.05) is 13.2 Å². The molecule has 4 nitrogen and oxygen atoms in total. The first-order valence-corrected chi connectivity index (χ1v) is 6.98. The highest BCUT2D eigenvalue weighted by Gasteiger charge is 2.17. The van der Waals surface area contributed by atoms with Gasteiger partial charge in [-0.1, -0.05) is 19.3 Å². The van der Waals surface area contributed by atoms with Gasteiger partial charge in [-0.25, -0.2) is 0 Å². The molecule has 1 aliphatic carbocycles. The quantitative estimate of drug-likeness (QED) is 0.659. The Bertz CT molecular complexity index is 236. The second-order valence-corrected chi connectivity index (χ2v) is 5.15. The molecule has 2 atom stereocenters. The van der Waals surface area contributed by atoms with Crippen molar-refractivity contribution in [1.29, 1.82) is 0 Å². The summed E-state index contributed by atoms with van der Waals surface area (Å²) in [5, 5.41) is 0. The summed E-state index contributed by atoms with van der Waals surface area (Å²) in [5.41, 5.74) is 0. The van der Waals surface area contributed by atoms with Crippen LogP contribution in [0.2, 0.25) is 0 Å². The lowest BCUT2D eigenvalue weighted by Crippen LogP contribution is -2.28. The van der Waals surface area contributed by atoms with Gasteiger partial charge in [0, 0.05) is 6.92 Å². The second-order valence-electron chi connectivity index (χ2n) is 5.15. The third kappa shape index (κ3) is 6.97. The fourth-order valence-corrected chi connectivity index (χ4v) is 2.15. The molecule has 106 valence electrons. The number of carbonyl (C=O) groups is 1. The molecule has 1 saturated carbocycles. The molecule has 0 saturated heterocycles. The summed E-state index contributed by atoms with van der Waals surface area (Å²) in [4.78, 5) is 10.6. The van der Waals surface area contributed by atoms with Gasteiger partial charge in [0.1, 0.15) is 6.61 Å². The number of esters is 1. The molecule has 4 heteroatoms. The Morgan fingerprint density at radius 2 is 1.78 bits per heavy atom. The van der Waals surface area contributed by atoms with Gasteiger partial charge in [-0.15, -0.1) is 0 Å². The van der Waals surface area contributed by atoms with Crippen LogP contribution in [-0.2, 0) is 19.0 Å². The van der Waals surface area contributed by atoms with Gasteiger partial charge in [0.05, 0.1) is 24.9 Å². The molecule has 0 N–H and O–H groups in total. The average Bonchev–Trinajstić information content (AvgIpc) is 2.35. The van der Waals surface area contributed by atoms with Crippen molar-refractivity contribution in [3.8, 4) is 0 Å². The van der Waals surface area contributed by atoms with Crippen molar-refractivity contribution in [3.05, 3.63) is 0 Å². The minimum Gasteiger partial charge on any atom is -0.463 e. The summed E-state index contributed by atoms with van der Waals surface area (Å²) in [6.45, 7) is 6.20. The van der Waals surface area contributed by atoms with Gasteiger partial charge in [0.25, 0.3) is 0 Å². The molecule has 0 amide bonds. The van der Waals surface area contributed by atoms with Gasteiger partial charge in [-0.3, -0.25) is 4.79 Å². The normalized spacial score (nSPS) is 20.4. The van der Waals surface area contributed by atoms with Crippen molar-refractivity contribution >= 4 is 5.97 Å². The zero-order chi connectivity index (χ0) is 13.4. The fourth-order valence-electron chi connectivity index (χ4n) is 2.15. The van der Waals surface area contributed by atoms with E-state index in [0.717, 1.165) is 0 Å². The largest absolute Gasteiger partial charge is 0.463 e. The summed E-state index contributed by atoms with van der Waals surface area (Å²) >= 11 is 0. The van der Waals surface area contributed by atoms with Gasteiger partial charge in [-0.05, 0) is 26.7 Å². The summed E-state index contributed by atoms with van der Waals surface area (Å²) < 4.78 is 16.4. The average molecular weight is 258 g/mol. The lowest BCUT2D eigenvalue weighted by atomic mass is 9.98. The Hall–Kier alpha value is -0.610. The smallest absolute Gasteiger partial charge is 0.302 e. The molecule has 0 aliphatic heterocycles. The van der Waals surface area contributed by atoms with Gasteiger partial charge in [0.2, 0.25) is 0 Å². The van der Waals surface area contributed by atoms with E-state index in [0.29, 0.717) is 19.3 Å². The van der Waals surface area contributed by atoms with Crippen LogP contribution in [0.15, 0.2) is 0 Å². The van der Waals surface area contributed by atoms with Gasteiger partial charge in [-0.2, -0.15) is 0 Å². The molecular weight excluding hydrogens is 232 g/mol. The van der Waals surface area contributed by atoms with Crippen LogP contribution >= 0.6 is 0 Å². The molecule has 0 radical (unpaired) electrons. The Kier molecular flexibility index (Phi) is 7.28. The maximum absolute atomic E-state index is 10.6. The molecule has 1 aliphatic rings. The maximum Gasteiger partial charge on any atom is 0.302 e. The van der Waals surface area contributed by atoms with E-state index in [1.165, 1.54) is 39.0 Å². The van der Waals surface area contributed by atoms with Crippen molar-refractivity contribution in [3.63, 3.8) is 0 Å². The highest BCUT2D eigenvalue weighted by atomic mass is 16.6. The van der Waals surface area contributed by atoms with Crippen LogP contribution in [0.1, 0.15) is 52.9 Å². The molecule has 0 aromatic heterocycles. The SMILES string of the molecule is CC(=O)OCC(C)OCC(C)OC1CCCCC1. The van der Waals surface area contributed by atoms with Crippen molar-refractivity contribution in [2.45, 2.75) is 71.2 Å². The standard InChI is InChI=1S/C14H26O4/c1-11(9-17-13(3)15)16-10-12(2)18-14-7-5-4-6-8-14/h11-12,14H,4-10H2,1-3H3. The van der Waals surface area contributed by atoms with Crippen LogP contribution in [-0.4, -0.2) is 37.5 Å². The van der Waals surface area contributed by atoms with E-state index < -0.39 is 0 Å². The van der Waals surface area contributed by atoms with Gasteiger partial charge in [0.15, 0.2) is 0 Å². The highest BCUT2D eigenvalue weighted by Crippen LogP contribution is 2.21. The second kappa shape index (κ2) is 8.48.